The molecule has 2 aromatic rings. The molecular formula is C6H3ClN2S2. The van der Waals surface area contributed by atoms with Crippen molar-refractivity contribution in [3.63, 3.8) is 0 Å². The lowest BCUT2D eigenvalue weighted by Gasteiger charge is -1.87. The molecule has 2 heterocycles. The first-order chi connectivity index (χ1) is 5.27. The zero-order chi connectivity index (χ0) is 7.84. The van der Waals surface area contributed by atoms with Crippen LogP contribution in [0, 0.1) is 3.95 Å². The van der Waals surface area contributed by atoms with Crippen LogP contribution in [-0.4, -0.2) is 9.97 Å². The molecule has 5 heteroatoms. The highest BCUT2D eigenvalue weighted by molar-refractivity contribution is 7.73. The van der Waals surface area contributed by atoms with E-state index in [9.17, 15) is 0 Å². The Labute approximate surface area is 76.9 Å². The number of halogens is 1. The number of hydrogen-bond acceptors (Lipinski definition) is 3. The summed E-state index contributed by atoms with van der Waals surface area (Å²) in [4.78, 5) is 7.00. The molecular weight excluding hydrogens is 200 g/mol. The van der Waals surface area contributed by atoms with Gasteiger partial charge in [0, 0.05) is 6.20 Å². The van der Waals surface area contributed by atoms with Crippen LogP contribution < -0.4 is 0 Å². The summed E-state index contributed by atoms with van der Waals surface area (Å²) in [5.41, 5.74) is 0.771. The van der Waals surface area contributed by atoms with Gasteiger partial charge < -0.3 is 4.98 Å². The number of thiazole rings is 1. The molecule has 0 radical (unpaired) electrons. The molecule has 0 fully saturated rings. The minimum atomic E-state index is 0.701. The molecule has 0 amide bonds. The maximum Gasteiger partial charge on any atom is 0.160 e. The molecule has 0 aliphatic heterocycles. The molecule has 0 aliphatic carbocycles. The second-order valence-electron chi connectivity index (χ2n) is 1.99. The van der Waals surface area contributed by atoms with Gasteiger partial charge in [0.2, 0.25) is 0 Å². The first kappa shape index (κ1) is 7.21. The Morgan fingerprint density at radius 3 is 3.18 bits per heavy atom. The van der Waals surface area contributed by atoms with Gasteiger partial charge in [-0.15, -0.1) is 11.3 Å². The molecule has 0 aromatic carbocycles. The van der Waals surface area contributed by atoms with E-state index in [1.54, 1.807) is 12.3 Å². The molecule has 0 spiro atoms. The van der Waals surface area contributed by atoms with Crippen LogP contribution in [0.5, 0.6) is 0 Å². The summed E-state index contributed by atoms with van der Waals surface area (Å²) in [6, 6.07) is 1.75. The minimum absolute atomic E-state index is 0.701. The fraction of sp³-hybridized carbons (Fsp3) is 0. The highest BCUT2D eigenvalue weighted by Crippen LogP contribution is 2.25. The molecule has 0 unspecified atom stereocenters. The molecule has 11 heavy (non-hydrogen) atoms. The summed E-state index contributed by atoms with van der Waals surface area (Å²) < 4.78 is 1.64. The van der Waals surface area contributed by atoms with Crippen molar-refractivity contribution in [2.24, 2.45) is 0 Å². The number of nitrogens with one attached hydrogen (secondary N) is 1. The van der Waals surface area contributed by atoms with Crippen LogP contribution in [0.1, 0.15) is 0 Å². The van der Waals surface area contributed by atoms with Gasteiger partial charge in [0.25, 0.3) is 0 Å². The van der Waals surface area contributed by atoms with Crippen molar-refractivity contribution < 1.29 is 0 Å². The van der Waals surface area contributed by atoms with Crippen molar-refractivity contribution in [3.05, 3.63) is 21.2 Å². The van der Waals surface area contributed by atoms with Crippen LogP contribution in [0.25, 0.3) is 10.3 Å². The molecule has 0 aliphatic rings. The molecule has 2 rings (SSSR count). The maximum atomic E-state index is 5.87. The van der Waals surface area contributed by atoms with Crippen LogP contribution in [0.2, 0.25) is 5.02 Å². The Kier molecular flexibility index (Phi) is 1.67. The van der Waals surface area contributed by atoms with Gasteiger partial charge >= 0.3 is 0 Å². The van der Waals surface area contributed by atoms with Gasteiger partial charge in [0.1, 0.15) is 0 Å². The van der Waals surface area contributed by atoms with E-state index in [0.717, 1.165) is 10.3 Å². The van der Waals surface area contributed by atoms with Crippen molar-refractivity contribution in [3.8, 4) is 0 Å². The topological polar surface area (TPSA) is 28.7 Å². The quantitative estimate of drug-likeness (QED) is 0.666. The normalized spacial score (nSPS) is 10.6. The van der Waals surface area contributed by atoms with E-state index in [-0.39, 0.29) is 0 Å². The Bertz CT molecular complexity index is 445. The number of H-pyrrole nitrogens is 1. The average Bonchev–Trinajstić information content (AvgIpc) is 2.31. The number of aromatic nitrogens is 2. The third-order valence-electron chi connectivity index (χ3n) is 1.27. The summed E-state index contributed by atoms with van der Waals surface area (Å²) in [5, 5.41) is 0.701. The smallest absolute Gasteiger partial charge is 0.160 e. The highest BCUT2D eigenvalue weighted by Gasteiger charge is 2.00. The Hall–Kier alpha value is -0.450. The molecule has 0 bridgehead atoms. The lowest BCUT2D eigenvalue weighted by molar-refractivity contribution is 1.32. The summed E-state index contributed by atoms with van der Waals surface area (Å²) in [5.74, 6) is 0. The zero-order valence-corrected chi connectivity index (χ0v) is 7.69. The van der Waals surface area contributed by atoms with E-state index in [0.29, 0.717) is 8.98 Å². The van der Waals surface area contributed by atoms with E-state index in [4.69, 9.17) is 23.8 Å². The Balaban J connectivity index is 3.01. The van der Waals surface area contributed by atoms with E-state index in [1.165, 1.54) is 11.3 Å². The number of rotatable bonds is 0. The number of aromatic amines is 1. The van der Waals surface area contributed by atoms with Gasteiger partial charge in [-0.05, 0) is 18.3 Å². The van der Waals surface area contributed by atoms with Crippen molar-refractivity contribution in [1.82, 2.24) is 9.97 Å². The lowest BCUT2D eigenvalue weighted by Crippen LogP contribution is -1.73. The standard InChI is InChI=1S/C6H3ClN2S2/c7-3-1-2-8-5-4(3)11-6(10)9-5/h1-2H,(H,8,9,10). The molecule has 0 saturated heterocycles. The second kappa shape index (κ2) is 2.55. The molecule has 0 saturated carbocycles. The average molecular weight is 203 g/mol. The van der Waals surface area contributed by atoms with Gasteiger partial charge in [-0.25, -0.2) is 4.98 Å². The monoisotopic (exact) mass is 202 g/mol. The van der Waals surface area contributed by atoms with Crippen molar-refractivity contribution in [1.29, 1.82) is 0 Å². The number of pyridine rings is 1. The second-order valence-corrected chi connectivity index (χ2v) is 4.08. The number of fused-ring (bicyclic) bond motifs is 1. The minimum Gasteiger partial charge on any atom is -0.322 e. The van der Waals surface area contributed by atoms with E-state index in [2.05, 4.69) is 9.97 Å². The van der Waals surface area contributed by atoms with Crippen molar-refractivity contribution >= 4 is 45.5 Å². The lowest BCUT2D eigenvalue weighted by atomic mass is 10.5. The summed E-state index contributed by atoms with van der Waals surface area (Å²) >= 11 is 12.3. The summed E-state index contributed by atoms with van der Waals surface area (Å²) in [7, 11) is 0. The van der Waals surface area contributed by atoms with Crippen molar-refractivity contribution in [2.75, 3.05) is 0 Å². The van der Waals surface area contributed by atoms with Crippen molar-refractivity contribution in [2.45, 2.75) is 0 Å². The van der Waals surface area contributed by atoms with Crippen LogP contribution in [0.3, 0.4) is 0 Å². The van der Waals surface area contributed by atoms with Gasteiger partial charge in [0.05, 0.1) is 9.72 Å². The highest BCUT2D eigenvalue weighted by atomic mass is 35.5. The summed E-state index contributed by atoms with van der Waals surface area (Å²) in [6.07, 6.45) is 1.66. The van der Waals surface area contributed by atoms with Crippen LogP contribution in [-0.2, 0) is 0 Å². The first-order valence-electron chi connectivity index (χ1n) is 2.91. The molecule has 2 aromatic heterocycles. The Morgan fingerprint density at radius 2 is 2.45 bits per heavy atom. The van der Waals surface area contributed by atoms with E-state index in [1.807, 2.05) is 0 Å². The number of nitrogens with zero attached hydrogens (tertiary/aromatic N) is 1. The molecule has 1 N–H and O–H groups in total. The van der Waals surface area contributed by atoms with Gasteiger partial charge in [0.15, 0.2) is 9.60 Å². The van der Waals surface area contributed by atoms with Crippen LogP contribution >= 0.6 is 35.2 Å². The predicted octanol–water partition coefficient (Wildman–Crippen LogP) is 3.01. The van der Waals surface area contributed by atoms with Crippen LogP contribution in [0.15, 0.2) is 12.3 Å². The fourth-order valence-corrected chi connectivity index (χ4v) is 2.13. The SMILES string of the molecule is S=c1[nH]c2nccc(Cl)c2s1. The maximum absolute atomic E-state index is 5.87. The van der Waals surface area contributed by atoms with Crippen LogP contribution in [0.4, 0.5) is 0 Å². The molecule has 56 valence electrons. The molecule has 0 atom stereocenters. The molecule has 2 nitrogen and oxygen atoms in total. The first-order valence-corrected chi connectivity index (χ1v) is 4.51. The summed E-state index contributed by atoms with van der Waals surface area (Å²) in [6.45, 7) is 0. The van der Waals surface area contributed by atoms with E-state index < -0.39 is 0 Å². The third kappa shape index (κ3) is 1.17. The number of hydrogen-bond donors (Lipinski definition) is 1. The van der Waals surface area contributed by atoms with E-state index >= 15 is 0 Å². The predicted molar refractivity (Wildman–Crippen MR) is 49.8 cm³/mol. The Morgan fingerprint density at radius 1 is 1.64 bits per heavy atom. The largest absolute Gasteiger partial charge is 0.322 e. The fourth-order valence-electron chi connectivity index (χ4n) is 0.826. The van der Waals surface area contributed by atoms with Gasteiger partial charge in [-0.1, -0.05) is 11.6 Å². The zero-order valence-electron chi connectivity index (χ0n) is 5.30. The third-order valence-corrected chi connectivity index (χ3v) is 2.96. The van der Waals surface area contributed by atoms with Gasteiger partial charge in [-0.2, -0.15) is 0 Å². The van der Waals surface area contributed by atoms with Gasteiger partial charge in [-0.3, -0.25) is 0 Å².